The molecule has 90 valence electrons. The zero-order valence-corrected chi connectivity index (χ0v) is 10.8. The number of nitrogens with zero attached hydrogens (tertiary/aromatic N) is 1. The van der Waals surface area contributed by atoms with Gasteiger partial charge in [0.05, 0.1) is 6.61 Å². The van der Waals surface area contributed by atoms with Gasteiger partial charge in [0.15, 0.2) is 0 Å². The number of rotatable bonds is 3. The van der Waals surface area contributed by atoms with Gasteiger partial charge in [-0.3, -0.25) is 0 Å². The third-order valence-electron chi connectivity index (χ3n) is 2.80. The molecule has 4 nitrogen and oxygen atoms in total. The van der Waals surface area contributed by atoms with Crippen LogP contribution in [-0.2, 0) is 16.6 Å². The average Bonchev–Trinajstić information content (AvgIpc) is 2.85. The van der Waals surface area contributed by atoms with Crippen LogP contribution in [0.1, 0.15) is 23.3 Å². The Morgan fingerprint density at radius 2 is 2.06 bits per heavy atom. The number of aliphatic hydroxyl groups is 1. The van der Waals surface area contributed by atoms with Crippen LogP contribution < -0.4 is 0 Å². The van der Waals surface area contributed by atoms with Gasteiger partial charge in [-0.25, -0.2) is 8.42 Å². The van der Waals surface area contributed by atoms with Gasteiger partial charge in [0.1, 0.15) is 4.21 Å². The second-order valence-electron chi connectivity index (χ2n) is 3.94. The van der Waals surface area contributed by atoms with E-state index in [-0.39, 0.29) is 6.61 Å². The Morgan fingerprint density at radius 1 is 1.44 bits per heavy atom. The Morgan fingerprint density at radius 3 is 2.56 bits per heavy atom. The van der Waals surface area contributed by atoms with E-state index >= 15 is 0 Å². The minimum Gasteiger partial charge on any atom is -0.391 e. The van der Waals surface area contributed by atoms with Crippen molar-refractivity contribution in [3.05, 3.63) is 16.5 Å². The van der Waals surface area contributed by atoms with Crippen LogP contribution in [0, 0.1) is 6.92 Å². The molecule has 1 aliphatic heterocycles. The summed E-state index contributed by atoms with van der Waals surface area (Å²) in [5, 5.41) is 9.06. The molecule has 1 aromatic rings. The van der Waals surface area contributed by atoms with E-state index < -0.39 is 10.0 Å². The lowest BCUT2D eigenvalue weighted by molar-refractivity contribution is 0.285. The van der Waals surface area contributed by atoms with Gasteiger partial charge in [-0.15, -0.1) is 11.3 Å². The minimum absolute atomic E-state index is 0.0913. The Bertz CT molecular complexity index is 472. The van der Waals surface area contributed by atoms with E-state index in [1.54, 1.807) is 6.07 Å². The first-order chi connectivity index (χ1) is 7.55. The predicted octanol–water partition coefficient (Wildman–Crippen LogP) is 1.33. The van der Waals surface area contributed by atoms with Crippen molar-refractivity contribution in [3.8, 4) is 0 Å². The fraction of sp³-hybridized carbons (Fsp3) is 0.600. The van der Waals surface area contributed by atoms with Crippen molar-refractivity contribution in [1.29, 1.82) is 0 Å². The van der Waals surface area contributed by atoms with Crippen molar-refractivity contribution in [2.24, 2.45) is 0 Å². The summed E-state index contributed by atoms with van der Waals surface area (Å²) in [6.45, 7) is 2.97. The summed E-state index contributed by atoms with van der Waals surface area (Å²) in [7, 11) is -3.31. The van der Waals surface area contributed by atoms with Crippen molar-refractivity contribution in [1.82, 2.24) is 4.31 Å². The third kappa shape index (κ3) is 2.02. The summed E-state index contributed by atoms with van der Waals surface area (Å²) >= 11 is 1.17. The molecule has 1 aliphatic rings. The van der Waals surface area contributed by atoms with Crippen LogP contribution in [0.15, 0.2) is 10.3 Å². The number of thiophene rings is 1. The van der Waals surface area contributed by atoms with Gasteiger partial charge in [-0.05, 0) is 31.4 Å². The van der Waals surface area contributed by atoms with E-state index in [0.717, 1.165) is 23.3 Å². The third-order valence-corrected chi connectivity index (χ3v) is 6.37. The van der Waals surface area contributed by atoms with Crippen LogP contribution in [-0.4, -0.2) is 30.9 Å². The zero-order valence-electron chi connectivity index (χ0n) is 9.14. The minimum atomic E-state index is -3.31. The summed E-state index contributed by atoms with van der Waals surface area (Å²) < 4.78 is 26.2. The number of hydrogen-bond acceptors (Lipinski definition) is 4. The highest BCUT2D eigenvalue weighted by atomic mass is 32.2. The molecule has 1 N–H and O–H groups in total. The summed E-state index contributed by atoms with van der Waals surface area (Å²) in [6, 6.07) is 1.66. The molecule has 6 heteroatoms. The largest absolute Gasteiger partial charge is 0.391 e. The topological polar surface area (TPSA) is 57.6 Å². The maximum atomic E-state index is 12.2. The van der Waals surface area contributed by atoms with Gasteiger partial charge in [-0.2, -0.15) is 4.31 Å². The van der Waals surface area contributed by atoms with Crippen molar-refractivity contribution >= 4 is 21.4 Å². The Hall–Kier alpha value is -0.430. The van der Waals surface area contributed by atoms with Crippen molar-refractivity contribution in [2.45, 2.75) is 30.6 Å². The number of hydrogen-bond donors (Lipinski definition) is 1. The van der Waals surface area contributed by atoms with E-state index in [9.17, 15) is 8.42 Å². The predicted molar refractivity (Wildman–Crippen MR) is 63.0 cm³/mol. The molecule has 0 unspecified atom stereocenters. The summed E-state index contributed by atoms with van der Waals surface area (Å²) in [6.07, 6.45) is 1.88. The highest BCUT2D eigenvalue weighted by molar-refractivity contribution is 7.91. The first-order valence-electron chi connectivity index (χ1n) is 5.26. The normalized spacial score (nSPS) is 18.1. The van der Waals surface area contributed by atoms with Crippen LogP contribution >= 0.6 is 11.3 Å². The Labute approximate surface area is 99.6 Å². The van der Waals surface area contributed by atoms with E-state index in [2.05, 4.69) is 0 Å². The molecule has 0 bridgehead atoms. The quantitative estimate of drug-likeness (QED) is 0.893. The molecule has 0 spiro atoms. The molecule has 16 heavy (non-hydrogen) atoms. The van der Waals surface area contributed by atoms with Crippen LogP contribution in [0.3, 0.4) is 0 Å². The van der Waals surface area contributed by atoms with Gasteiger partial charge in [0.25, 0.3) is 10.0 Å². The first-order valence-corrected chi connectivity index (χ1v) is 7.51. The molecule has 0 aliphatic carbocycles. The Balaban J connectivity index is 2.35. The molecule has 2 heterocycles. The van der Waals surface area contributed by atoms with Crippen molar-refractivity contribution < 1.29 is 13.5 Å². The monoisotopic (exact) mass is 261 g/mol. The van der Waals surface area contributed by atoms with E-state index in [1.165, 1.54) is 15.6 Å². The second-order valence-corrected chi connectivity index (χ2v) is 7.24. The van der Waals surface area contributed by atoms with Gasteiger partial charge < -0.3 is 5.11 Å². The summed E-state index contributed by atoms with van der Waals surface area (Å²) in [5.41, 5.74) is 0.852. The van der Waals surface area contributed by atoms with Crippen LogP contribution in [0.2, 0.25) is 0 Å². The van der Waals surface area contributed by atoms with E-state index in [1.807, 2.05) is 6.92 Å². The van der Waals surface area contributed by atoms with Crippen molar-refractivity contribution in [3.63, 3.8) is 0 Å². The molecule has 0 amide bonds. The van der Waals surface area contributed by atoms with Crippen LogP contribution in [0.25, 0.3) is 0 Å². The molecular formula is C10H15NO3S2. The highest BCUT2D eigenvalue weighted by Crippen LogP contribution is 2.29. The van der Waals surface area contributed by atoms with Gasteiger partial charge in [0.2, 0.25) is 0 Å². The molecule has 1 aromatic heterocycles. The molecule has 1 fully saturated rings. The van der Waals surface area contributed by atoms with Crippen molar-refractivity contribution in [2.75, 3.05) is 13.1 Å². The number of sulfonamides is 1. The molecule has 0 aromatic carbocycles. The molecule has 0 saturated carbocycles. The van der Waals surface area contributed by atoms with Gasteiger partial charge in [0, 0.05) is 18.0 Å². The van der Waals surface area contributed by atoms with Gasteiger partial charge in [-0.1, -0.05) is 0 Å². The smallest absolute Gasteiger partial charge is 0.252 e. The molecule has 1 saturated heterocycles. The molecule has 0 radical (unpaired) electrons. The molecule has 0 atom stereocenters. The van der Waals surface area contributed by atoms with Crippen LogP contribution in [0.4, 0.5) is 0 Å². The zero-order chi connectivity index (χ0) is 11.8. The lowest BCUT2D eigenvalue weighted by Gasteiger charge is -2.13. The average molecular weight is 261 g/mol. The fourth-order valence-electron chi connectivity index (χ4n) is 1.83. The highest BCUT2D eigenvalue weighted by Gasteiger charge is 2.29. The summed E-state index contributed by atoms with van der Waals surface area (Å²) in [5.74, 6) is 0. The molecule has 2 rings (SSSR count). The van der Waals surface area contributed by atoms with E-state index in [4.69, 9.17) is 5.11 Å². The lowest BCUT2D eigenvalue weighted by atomic mass is 10.3. The second kappa shape index (κ2) is 4.44. The van der Waals surface area contributed by atoms with E-state index in [0.29, 0.717) is 17.3 Å². The standard InChI is InChI=1S/C10H15NO3S2/c1-8-6-10(15-9(8)7-12)16(13,14)11-4-2-3-5-11/h6,12H,2-5,7H2,1H3. The lowest BCUT2D eigenvalue weighted by Crippen LogP contribution is -2.27. The SMILES string of the molecule is Cc1cc(S(=O)(=O)N2CCCC2)sc1CO. The Kier molecular flexibility index (Phi) is 3.34. The molecular weight excluding hydrogens is 246 g/mol. The van der Waals surface area contributed by atoms with Crippen LogP contribution in [0.5, 0.6) is 0 Å². The van der Waals surface area contributed by atoms with Gasteiger partial charge >= 0.3 is 0 Å². The fourth-order valence-corrected chi connectivity index (χ4v) is 4.95. The maximum Gasteiger partial charge on any atom is 0.252 e. The maximum absolute atomic E-state index is 12.2. The number of aliphatic hydroxyl groups excluding tert-OH is 1. The number of aryl methyl sites for hydroxylation is 1. The first kappa shape index (κ1) is 12.0. The summed E-state index contributed by atoms with van der Waals surface area (Å²) in [4.78, 5) is 0.734.